The lowest BCUT2D eigenvalue weighted by molar-refractivity contribution is 0.0951. The number of amides is 1. The summed E-state index contributed by atoms with van der Waals surface area (Å²) in [4.78, 5) is 16.3. The predicted octanol–water partition coefficient (Wildman–Crippen LogP) is 2.06. The van der Waals surface area contributed by atoms with Gasteiger partial charge in [0.15, 0.2) is 0 Å². The van der Waals surface area contributed by atoms with Crippen molar-refractivity contribution < 1.29 is 9.53 Å². The Morgan fingerprint density at radius 1 is 1.25 bits per heavy atom. The highest BCUT2D eigenvalue weighted by Crippen LogP contribution is 2.17. The molecule has 0 aliphatic carbocycles. The highest BCUT2D eigenvalue weighted by Gasteiger charge is 2.11. The van der Waals surface area contributed by atoms with Crippen LogP contribution < -0.4 is 15.4 Å². The van der Waals surface area contributed by atoms with Crippen molar-refractivity contribution in [2.75, 3.05) is 19.5 Å². The molecule has 5 nitrogen and oxygen atoms in total. The van der Waals surface area contributed by atoms with Gasteiger partial charge in [0.1, 0.15) is 11.6 Å². The fourth-order valence-corrected chi connectivity index (χ4v) is 1.91. The molecule has 5 heteroatoms. The summed E-state index contributed by atoms with van der Waals surface area (Å²) in [7, 11) is 3.35. The van der Waals surface area contributed by atoms with E-state index in [9.17, 15) is 4.79 Å². The first-order chi connectivity index (χ1) is 9.76. The second-order valence-corrected chi connectivity index (χ2v) is 4.14. The first kappa shape index (κ1) is 13.9. The lowest BCUT2D eigenvalue weighted by atomic mass is 10.2. The Labute approximate surface area is 118 Å². The number of aromatic nitrogens is 1. The Morgan fingerprint density at radius 3 is 2.80 bits per heavy atom. The van der Waals surface area contributed by atoms with Crippen LogP contribution in [0.2, 0.25) is 0 Å². The molecule has 2 rings (SSSR count). The van der Waals surface area contributed by atoms with Crippen LogP contribution in [0.25, 0.3) is 0 Å². The number of hydrogen-bond donors (Lipinski definition) is 2. The van der Waals surface area contributed by atoms with E-state index < -0.39 is 0 Å². The normalized spacial score (nSPS) is 9.90. The molecule has 1 heterocycles. The van der Waals surface area contributed by atoms with Gasteiger partial charge in [-0.05, 0) is 18.2 Å². The Balaban J connectivity index is 2.09. The van der Waals surface area contributed by atoms with E-state index in [1.807, 2.05) is 24.3 Å². The monoisotopic (exact) mass is 271 g/mol. The molecule has 2 aromatic rings. The maximum Gasteiger partial charge on any atom is 0.255 e. The molecule has 20 heavy (non-hydrogen) atoms. The van der Waals surface area contributed by atoms with E-state index in [0.717, 1.165) is 11.3 Å². The maximum atomic E-state index is 12.2. The van der Waals surface area contributed by atoms with E-state index in [4.69, 9.17) is 4.74 Å². The van der Waals surface area contributed by atoms with Crippen molar-refractivity contribution >= 4 is 11.7 Å². The zero-order chi connectivity index (χ0) is 14.4. The van der Waals surface area contributed by atoms with E-state index in [-0.39, 0.29) is 5.91 Å². The van der Waals surface area contributed by atoms with E-state index in [1.54, 1.807) is 32.5 Å². The molecule has 0 fully saturated rings. The van der Waals surface area contributed by atoms with Crippen LogP contribution in [0.15, 0.2) is 42.6 Å². The molecule has 1 amide bonds. The number of carbonyl (C=O) groups excluding carboxylic acids is 1. The van der Waals surface area contributed by atoms with Crippen LogP contribution in [0.4, 0.5) is 5.82 Å². The minimum Gasteiger partial charge on any atom is -0.496 e. The van der Waals surface area contributed by atoms with Gasteiger partial charge in [0, 0.05) is 25.4 Å². The van der Waals surface area contributed by atoms with Crippen LogP contribution in [-0.2, 0) is 6.54 Å². The standard InChI is InChI=1S/C15H17N3O2/c1-16-14-12(7-5-9-17-14)15(19)18-10-11-6-3-4-8-13(11)20-2/h3-9H,10H2,1-2H3,(H,16,17)(H,18,19). The van der Waals surface area contributed by atoms with Crippen molar-refractivity contribution in [2.45, 2.75) is 6.54 Å². The zero-order valence-corrected chi connectivity index (χ0v) is 11.5. The van der Waals surface area contributed by atoms with E-state index in [1.165, 1.54) is 0 Å². The van der Waals surface area contributed by atoms with E-state index in [2.05, 4.69) is 15.6 Å². The SMILES string of the molecule is CNc1ncccc1C(=O)NCc1ccccc1OC. The third-order valence-electron chi connectivity index (χ3n) is 2.92. The fourth-order valence-electron chi connectivity index (χ4n) is 1.91. The van der Waals surface area contributed by atoms with Crippen molar-refractivity contribution in [2.24, 2.45) is 0 Å². The average Bonchev–Trinajstić information content (AvgIpc) is 2.52. The van der Waals surface area contributed by atoms with Gasteiger partial charge in [0.25, 0.3) is 5.91 Å². The molecular formula is C15H17N3O2. The molecular weight excluding hydrogens is 254 g/mol. The minimum atomic E-state index is -0.173. The molecule has 0 aliphatic heterocycles. The van der Waals surface area contributed by atoms with Crippen LogP contribution >= 0.6 is 0 Å². The summed E-state index contributed by atoms with van der Waals surface area (Å²) in [5.74, 6) is 1.14. The third kappa shape index (κ3) is 3.06. The van der Waals surface area contributed by atoms with Gasteiger partial charge in [-0.25, -0.2) is 4.98 Å². The first-order valence-electron chi connectivity index (χ1n) is 6.29. The van der Waals surface area contributed by atoms with Gasteiger partial charge in [0.2, 0.25) is 0 Å². The van der Waals surface area contributed by atoms with Crippen molar-refractivity contribution in [3.63, 3.8) is 0 Å². The Morgan fingerprint density at radius 2 is 2.05 bits per heavy atom. The second kappa shape index (κ2) is 6.56. The number of para-hydroxylation sites is 1. The van der Waals surface area contributed by atoms with E-state index >= 15 is 0 Å². The lowest BCUT2D eigenvalue weighted by Crippen LogP contribution is -2.24. The average molecular weight is 271 g/mol. The minimum absolute atomic E-state index is 0.173. The number of nitrogens with zero attached hydrogens (tertiary/aromatic N) is 1. The van der Waals surface area contributed by atoms with Crippen molar-refractivity contribution in [1.82, 2.24) is 10.3 Å². The lowest BCUT2D eigenvalue weighted by Gasteiger charge is -2.11. The van der Waals surface area contributed by atoms with Gasteiger partial charge in [-0.2, -0.15) is 0 Å². The number of nitrogens with one attached hydrogen (secondary N) is 2. The van der Waals surface area contributed by atoms with E-state index in [0.29, 0.717) is 17.9 Å². The second-order valence-electron chi connectivity index (χ2n) is 4.14. The number of anilines is 1. The predicted molar refractivity (Wildman–Crippen MR) is 77.9 cm³/mol. The first-order valence-corrected chi connectivity index (χ1v) is 6.29. The largest absolute Gasteiger partial charge is 0.496 e. The molecule has 0 radical (unpaired) electrons. The van der Waals surface area contributed by atoms with Crippen LogP contribution in [0.5, 0.6) is 5.75 Å². The smallest absolute Gasteiger partial charge is 0.255 e. The molecule has 0 bridgehead atoms. The number of methoxy groups -OCH3 is 1. The molecule has 1 aromatic carbocycles. The molecule has 0 spiro atoms. The molecule has 2 N–H and O–H groups in total. The number of ether oxygens (including phenoxy) is 1. The number of rotatable bonds is 5. The van der Waals surface area contributed by atoms with Crippen LogP contribution in [0, 0.1) is 0 Å². The van der Waals surface area contributed by atoms with Gasteiger partial charge in [-0.15, -0.1) is 0 Å². The number of pyridine rings is 1. The highest BCUT2D eigenvalue weighted by molar-refractivity contribution is 5.98. The summed E-state index contributed by atoms with van der Waals surface area (Å²) in [5.41, 5.74) is 1.45. The van der Waals surface area contributed by atoms with Crippen LogP contribution in [-0.4, -0.2) is 25.0 Å². The molecule has 0 saturated carbocycles. The summed E-state index contributed by atoms with van der Waals surface area (Å²) in [6, 6.07) is 11.1. The number of carbonyl (C=O) groups is 1. The van der Waals surface area contributed by atoms with Crippen molar-refractivity contribution in [1.29, 1.82) is 0 Å². The molecule has 0 unspecified atom stereocenters. The Bertz CT molecular complexity index is 599. The van der Waals surface area contributed by atoms with Gasteiger partial charge in [-0.3, -0.25) is 4.79 Å². The molecule has 104 valence electrons. The van der Waals surface area contributed by atoms with Gasteiger partial charge >= 0.3 is 0 Å². The van der Waals surface area contributed by atoms with Crippen LogP contribution in [0.1, 0.15) is 15.9 Å². The fraction of sp³-hybridized carbons (Fsp3) is 0.200. The third-order valence-corrected chi connectivity index (χ3v) is 2.92. The molecule has 0 atom stereocenters. The summed E-state index contributed by atoms with van der Waals surface area (Å²) in [6.45, 7) is 0.404. The van der Waals surface area contributed by atoms with Crippen molar-refractivity contribution in [3.8, 4) is 5.75 Å². The molecule has 0 aliphatic rings. The van der Waals surface area contributed by atoms with Crippen LogP contribution in [0.3, 0.4) is 0 Å². The summed E-state index contributed by atoms with van der Waals surface area (Å²) < 4.78 is 5.25. The van der Waals surface area contributed by atoms with Gasteiger partial charge < -0.3 is 15.4 Å². The highest BCUT2D eigenvalue weighted by atomic mass is 16.5. The number of hydrogen-bond acceptors (Lipinski definition) is 4. The summed E-state index contributed by atoms with van der Waals surface area (Å²) in [5, 5.41) is 5.77. The Kier molecular flexibility index (Phi) is 4.55. The molecule has 0 saturated heterocycles. The zero-order valence-electron chi connectivity index (χ0n) is 11.5. The number of benzene rings is 1. The summed E-state index contributed by atoms with van der Waals surface area (Å²) >= 11 is 0. The summed E-state index contributed by atoms with van der Waals surface area (Å²) in [6.07, 6.45) is 1.64. The van der Waals surface area contributed by atoms with Gasteiger partial charge in [0.05, 0.1) is 12.7 Å². The van der Waals surface area contributed by atoms with Gasteiger partial charge in [-0.1, -0.05) is 18.2 Å². The quantitative estimate of drug-likeness (QED) is 0.873. The van der Waals surface area contributed by atoms with Crippen molar-refractivity contribution in [3.05, 3.63) is 53.7 Å². The topological polar surface area (TPSA) is 63.2 Å². The Hall–Kier alpha value is -2.56. The maximum absolute atomic E-state index is 12.2. The molecule has 1 aromatic heterocycles.